The van der Waals surface area contributed by atoms with Crippen LogP contribution in [-0.2, 0) is 13.8 Å². The largest absolute Gasteiger partial charge is 0.374 e. The summed E-state index contributed by atoms with van der Waals surface area (Å²) in [5.41, 5.74) is -0.0922. The number of carbonyl (C=O) groups excluding carboxylic acids is 1. The lowest BCUT2D eigenvalue weighted by Gasteiger charge is -2.24. The molecule has 0 aliphatic heterocycles. The van der Waals surface area contributed by atoms with Crippen LogP contribution in [0.4, 0.5) is 0 Å². The van der Waals surface area contributed by atoms with Crippen molar-refractivity contribution in [2.75, 3.05) is 13.2 Å². The molecule has 0 fully saturated rings. The lowest BCUT2D eigenvalue weighted by atomic mass is 10.1. The maximum atomic E-state index is 11.9. The van der Waals surface area contributed by atoms with E-state index in [-0.39, 0.29) is 10.8 Å². The van der Waals surface area contributed by atoms with E-state index in [2.05, 4.69) is 5.32 Å². The summed E-state index contributed by atoms with van der Waals surface area (Å²) in [5, 5.41) is 2.74. The first-order chi connectivity index (χ1) is 9.15. The average Bonchev–Trinajstić information content (AvgIpc) is 2.35. The first kappa shape index (κ1) is 16.9. The molecule has 1 rings (SSSR count). The molecule has 0 heterocycles. The van der Waals surface area contributed by atoms with Gasteiger partial charge in [-0.1, -0.05) is 0 Å². The van der Waals surface area contributed by atoms with Gasteiger partial charge < -0.3 is 10.1 Å². The third-order valence-electron chi connectivity index (χ3n) is 2.61. The zero-order valence-electron chi connectivity index (χ0n) is 11.6. The summed E-state index contributed by atoms with van der Waals surface area (Å²) in [6, 6.07) is 5.42. The van der Waals surface area contributed by atoms with Gasteiger partial charge in [0.25, 0.3) is 15.0 Å². The number of hydrogen-bond donors (Lipinski definition) is 1. The Morgan fingerprint density at radius 3 is 2.30 bits per heavy atom. The number of carbonyl (C=O) groups is 1. The molecule has 0 aromatic heterocycles. The zero-order valence-corrected chi connectivity index (χ0v) is 13.2. The zero-order chi connectivity index (χ0) is 15.4. The monoisotopic (exact) mass is 319 g/mol. The van der Waals surface area contributed by atoms with Crippen molar-refractivity contribution < 1.29 is 17.9 Å². The standard InChI is InChI=1S/C13H18ClNO4S/c1-4-19-13(2,3)9-15-12(16)10-5-7-11(8-6-10)20(14,17)18/h5-8H,4,9H2,1-3H3,(H,15,16). The molecular formula is C13H18ClNO4S. The molecule has 0 atom stereocenters. The smallest absolute Gasteiger partial charge is 0.261 e. The van der Waals surface area contributed by atoms with Crippen molar-refractivity contribution in [3.63, 3.8) is 0 Å². The molecule has 5 nitrogen and oxygen atoms in total. The number of hydrogen-bond acceptors (Lipinski definition) is 4. The van der Waals surface area contributed by atoms with Crippen LogP contribution in [0.1, 0.15) is 31.1 Å². The number of ether oxygens (including phenoxy) is 1. The van der Waals surface area contributed by atoms with Gasteiger partial charge in [-0.2, -0.15) is 0 Å². The Morgan fingerprint density at radius 2 is 1.85 bits per heavy atom. The number of benzene rings is 1. The summed E-state index contributed by atoms with van der Waals surface area (Å²) in [7, 11) is 1.43. The number of rotatable bonds is 6. The third kappa shape index (κ3) is 5.11. The van der Waals surface area contributed by atoms with Gasteiger partial charge in [-0.3, -0.25) is 4.79 Å². The highest BCUT2D eigenvalue weighted by atomic mass is 35.7. The van der Waals surface area contributed by atoms with Crippen LogP contribution < -0.4 is 5.32 Å². The van der Waals surface area contributed by atoms with Gasteiger partial charge >= 0.3 is 0 Å². The molecule has 0 aliphatic carbocycles. The Kier molecular flexibility index (Phi) is 5.56. The Balaban J connectivity index is 2.70. The lowest BCUT2D eigenvalue weighted by Crippen LogP contribution is -2.40. The maximum Gasteiger partial charge on any atom is 0.261 e. The van der Waals surface area contributed by atoms with Crippen molar-refractivity contribution in [1.82, 2.24) is 5.32 Å². The fraction of sp³-hybridized carbons (Fsp3) is 0.462. The Labute approximate surface area is 123 Å². The predicted octanol–water partition coefficient (Wildman–Crippen LogP) is 2.16. The molecule has 7 heteroatoms. The van der Waals surface area contributed by atoms with Gasteiger partial charge in [-0.05, 0) is 45.0 Å². The van der Waals surface area contributed by atoms with Crippen LogP contribution in [0, 0.1) is 0 Å². The van der Waals surface area contributed by atoms with E-state index in [1.165, 1.54) is 24.3 Å². The molecule has 0 saturated heterocycles. The summed E-state index contributed by atoms with van der Waals surface area (Å²) >= 11 is 0. The molecule has 0 saturated carbocycles. The number of amides is 1. The van der Waals surface area contributed by atoms with Crippen LogP contribution in [0.15, 0.2) is 29.2 Å². The van der Waals surface area contributed by atoms with Gasteiger partial charge in [0.05, 0.1) is 10.5 Å². The topological polar surface area (TPSA) is 72.5 Å². The fourth-order valence-electron chi connectivity index (χ4n) is 1.61. The van der Waals surface area contributed by atoms with Gasteiger partial charge in [0.1, 0.15) is 0 Å². The first-order valence-corrected chi connectivity index (χ1v) is 8.43. The molecule has 1 N–H and O–H groups in total. The average molecular weight is 320 g/mol. The minimum absolute atomic E-state index is 0.0367. The second-order valence-corrected chi connectivity index (χ2v) is 7.40. The van der Waals surface area contributed by atoms with E-state index < -0.39 is 14.7 Å². The summed E-state index contributed by atoms with van der Waals surface area (Å²) in [6.45, 7) is 6.55. The highest BCUT2D eigenvalue weighted by Gasteiger charge is 2.19. The van der Waals surface area contributed by atoms with Gasteiger partial charge in [0, 0.05) is 29.4 Å². The van der Waals surface area contributed by atoms with E-state index in [0.29, 0.717) is 18.7 Å². The molecule has 20 heavy (non-hydrogen) atoms. The van der Waals surface area contributed by atoms with Crippen molar-refractivity contribution in [2.45, 2.75) is 31.3 Å². The summed E-state index contributed by atoms with van der Waals surface area (Å²) in [5.74, 6) is -0.295. The Morgan fingerprint density at radius 1 is 1.30 bits per heavy atom. The molecule has 0 spiro atoms. The summed E-state index contributed by atoms with van der Waals surface area (Å²) < 4.78 is 27.7. The fourth-order valence-corrected chi connectivity index (χ4v) is 2.38. The van der Waals surface area contributed by atoms with Crippen molar-refractivity contribution >= 4 is 25.6 Å². The highest BCUT2D eigenvalue weighted by Crippen LogP contribution is 2.15. The molecule has 0 bridgehead atoms. The molecule has 112 valence electrons. The van der Waals surface area contributed by atoms with E-state index in [0.717, 1.165) is 0 Å². The van der Waals surface area contributed by atoms with Crippen LogP contribution in [-0.4, -0.2) is 33.1 Å². The second kappa shape index (κ2) is 6.56. The number of halogens is 1. The Bertz CT molecular complexity index is 567. The van der Waals surface area contributed by atoms with Gasteiger partial charge in [-0.15, -0.1) is 0 Å². The molecule has 1 aromatic rings. The Hall–Kier alpha value is -1.11. The minimum atomic E-state index is -3.77. The molecular weight excluding hydrogens is 302 g/mol. The lowest BCUT2D eigenvalue weighted by molar-refractivity contribution is -0.00815. The van der Waals surface area contributed by atoms with Gasteiger partial charge in [-0.25, -0.2) is 8.42 Å². The van der Waals surface area contributed by atoms with Gasteiger partial charge in [0.15, 0.2) is 0 Å². The van der Waals surface area contributed by atoms with E-state index in [4.69, 9.17) is 15.4 Å². The van der Waals surface area contributed by atoms with E-state index in [1.807, 2.05) is 20.8 Å². The highest BCUT2D eigenvalue weighted by molar-refractivity contribution is 8.13. The van der Waals surface area contributed by atoms with Crippen LogP contribution in [0.25, 0.3) is 0 Å². The summed E-state index contributed by atoms with van der Waals surface area (Å²) in [6.07, 6.45) is 0. The van der Waals surface area contributed by atoms with Crippen LogP contribution in [0.5, 0.6) is 0 Å². The van der Waals surface area contributed by atoms with Crippen molar-refractivity contribution in [3.05, 3.63) is 29.8 Å². The molecule has 0 radical (unpaired) electrons. The van der Waals surface area contributed by atoms with Crippen LogP contribution in [0.2, 0.25) is 0 Å². The van der Waals surface area contributed by atoms with Crippen LogP contribution >= 0.6 is 10.7 Å². The molecule has 0 unspecified atom stereocenters. The van der Waals surface area contributed by atoms with Crippen molar-refractivity contribution in [3.8, 4) is 0 Å². The second-order valence-electron chi connectivity index (χ2n) is 4.84. The molecule has 1 amide bonds. The van der Waals surface area contributed by atoms with E-state index in [1.54, 1.807) is 0 Å². The molecule has 0 aliphatic rings. The van der Waals surface area contributed by atoms with Crippen molar-refractivity contribution in [2.24, 2.45) is 0 Å². The summed E-state index contributed by atoms with van der Waals surface area (Å²) in [4.78, 5) is 11.9. The minimum Gasteiger partial charge on any atom is -0.374 e. The van der Waals surface area contributed by atoms with Gasteiger partial charge in [0.2, 0.25) is 0 Å². The first-order valence-electron chi connectivity index (χ1n) is 6.12. The number of nitrogens with one attached hydrogen (secondary N) is 1. The van der Waals surface area contributed by atoms with E-state index in [9.17, 15) is 13.2 Å². The third-order valence-corrected chi connectivity index (χ3v) is 3.98. The quantitative estimate of drug-likeness (QED) is 0.816. The predicted molar refractivity (Wildman–Crippen MR) is 77.5 cm³/mol. The molecule has 1 aromatic carbocycles. The normalized spacial score (nSPS) is 12.2. The maximum absolute atomic E-state index is 11.9. The van der Waals surface area contributed by atoms with E-state index >= 15 is 0 Å². The van der Waals surface area contributed by atoms with Crippen molar-refractivity contribution in [1.29, 1.82) is 0 Å². The SMILES string of the molecule is CCOC(C)(C)CNC(=O)c1ccc(S(=O)(=O)Cl)cc1. The van der Waals surface area contributed by atoms with Crippen LogP contribution in [0.3, 0.4) is 0 Å².